The van der Waals surface area contributed by atoms with Crippen LogP contribution in [-0.4, -0.2) is 28.0 Å². The second kappa shape index (κ2) is 9.25. The standard InChI is InChI=1S/C17H26N4O.2ClH/c1-11(2)17(4,10-18)21-15(22)9-8-14-19-13-7-5-6-12(3)16(13)20-14;;/h5-7,11H,8-10,18H2,1-4H3,(H,19,20)(H,21,22);2*1H. The van der Waals surface area contributed by atoms with Crippen LogP contribution >= 0.6 is 24.8 Å². The highest BCUT2D eigenvalue weighted by Gasteiger charge is 2.28. The average Bonchev–Trinajstić information content (AvgIpc) is 2.89. The number of halogens is 2. The summed E-state index contributed by atoms with van der Waals surface area (Å²) >= 11 is 0. The topological polar surface area (TPSA) is 83.8 Å². The van der Waals surface area contributed by atoms with Crippen LogP contribution in [0.5, 0.6) is 0 Å². The van der Waals surface area contributed by atoms with Crippen LogP contribution in [0, 0.1) is 12.8 Å². The highest BCUT2D eigenvalue weighted by Crippen LogP contribution is 2.17. The predicted octanol–water partition coefficient (Wildman–Crippen LogP) is 3.14. The number of benzene rings is 1. The number of carbonyl (C=O) groups excluding carboxylic acids is 1. The molecule has 0 radical (unpaired) electrons. The Hall–Kier alpha value is -1.30. The molecule has 1 aromatic heterocycles. The number of aryl methyl sites for hydroxylation is 2. The number of aromatic nitrogens is 2. The van der Waals surface area contributed by atoms with E-state index in [1.807, 2.05) is 32.0 Å². The van der Waals surface area contributed by atoms with Gasteiger partial charge in [-0.3, -0.25) is 4.79 Å². The molecule has 24 heavy (non-hydrogen) atoms. The molecule has 1 atom stereocenters. The van der Waals surface area contributed by atoms with Crippen molar-refractivity contribution in [3.05, 3.63) is 29.6 Å². The predicted molar refractivity (Wildman–Crippen MR) is 104 cm³/mol. The van der Waals surface area contributed by atoms with Gasteiger partial charge >= 0.3 is 0 Å². The summed E-state index contributed by atoms with van der Waals surface area (Å²) in [6, 6.07) is 6.04. The first kappa shape index (κ1) is 22.7. The molecule has 1 unspecified atom stereocenters. The lowest BCUT2D eigenvalue weighted by Gasteiger charge is -2.33. The molecule has 1 heterocycles. The SMILES string of the molecule is Cc1cccc2[nH]c(CCC(=O)NC(C)(CN)C(C)C)nc12.Cl.Cl. The average molecular weight is 375 g/mol. The van der Waals surface area contributed by atoms with E-state index in [0.29, 0.717) is 19.4 Å². The monoisotopic (exact) mass is 374 g/mol. The Labute approximate surface area is 156 Å². The number of nitrogens with zero attached hydrogens (tertiary/aromatic N) is 1. The Morgan fingerprint density at radius 1 is 1.38 bits per heavy atom. The molecule has 2 aromatic rings. The first-order valence-corrected chi connectivity index (χ1v) is 7.81. The van der Waals surface area contributed by atoms with Gasteiger partial charge < -0.3 is 16.0 Å². The highest BCUT2D eigenvalue weighted by atomic mass is 35.5. The lowest BCUT2D eigenvalue weighted by Crippen LogP contribution is -2.55. The van der Waals surface area contributed by atoms with Gasteiger partial charge in [0.2, 0.25) is 5.91 Å². The minimum atomic E-state index is -0.360. The molecule has 0 aliphatic carbocycles. The van der Waals surface area contributed by atoms with Crippen molar-refractivity contribution in [1.82, 2.24) is 15.3 Å². The Kier molecular flexibility index (Phi) is 8.75. The summed E-state index contributed by atoms with van der Waals surface area (Å²) in [6.07, 6.45) is 1.000. The molecule has 2 rings (SSSR count). The van der Waals surface area contributed by atoms with Crippen molar-refractivity contribution >= 4 is 41.8 Å². The van der Waals surface area contributed by atoms with Gasteiger partial charge in [0.25, 0.3) is 0 Å². The zero-order valence-corrected chi connectivity index (χ0v) is 16.3. The maximum atomic E-state index is 12.2. The number of imidazole rings is 1. The van der Waals surface area contributed by atoms with Gasteiger partial charge in [-0.25, -0.2) is 4.98 Å². The minimum absolute atomic E-state index is 0. The van der Waals surface area contributed by atoms with Crippen LogP contribution in [0.4, 0.5) is 0 Å². The molecule has 1 amide bonds. The van der Waals surface area contributed by atoms with E-state index >= 15 is 0 Å². The second-order valence-electron chi connectivity index (χ2n) is 6.48. The van der Waals surface area contributed by atoms with E-state index in [0.717, 1.165) is 22.4 Å². The van der Waals surface area contributed by atoms with E-state index in [1.54, 1.807) is 0 Å². The zero-order chi connectivity index (χ0) is 16.3. The molecule has 0 aliphatic rings. The number of fused-ring (bicyclic) bond motifs is 1. The number of carbonyl (C=O) groups is 1. The van der Waals surface area contributed by atoms with Crippen LogP contribution in [-0.2, 0) is 11.2 Å². The Morgan fingerprint density at radius 3 is 2.58 bits per heavy atom. The molecule has 136 valence electrons. The number of H-pyrrole nitrogens is 1. The van der Waals surface area contributed by atoms with E-state index in [2.05, 4.69) is 29.1 Å². The summed E-state index contributed by atoms with van der Waals surface area (Å²) in [7, 11) is 0. The molecule has 7 heteroatoms. The highest BCUT2D eigenvalue weighted by molar-refractivity contribution is 5.85. The molecular weight excluding hydrogens is 347 g/mol. The molecule has 0 aliphatic heterocycles. The number of rotatable bonds is 6. The number of nitrogens with one attached hydrogen (secondary N) is 2. The molecular formula is C17H28Cl2N4O. The number of amides is 1. The van der Waals surface area contributed by atoms with Crippen LogP contribution < -0.4 is 11.1 Å². The number of aromatic amines is 1. The Balaban J connectivity index is 0.00000264. The summed E-state index contributed by atoms with van der Waals surface area (Å²) in [6.45, 7) is 8.58. The van der Waals surface area contributed by atoms with Gasteiger partial charge in [-0.15, -0.1) is 24.8 Å². The fourth-order valence-corrected chi connectivity index (χ4v) is 2.39. The van der Waals surface area contributed by atoms with Crippen LogP contribution in [0.1, 0.15) is 38.6 Å². The van der Waals surface area contributed by atoms with Crippen molar-refractivity contribution in [2.24, 2.45) is 11.7 Å². The largest absolute Gasteiger partial charge is 0.349 e. The number of hydrogen-bond acceptors (Lipinski definition) is 3. The van der Waals surface area contributed by atoms with Gasteiger partial charge in [-0.2, -0.15) is 0 Å². The molecule has 0 spiro atoms. The van der Waals surface area contributed by atoms with Gasteiger partial charge in [-0.05, 0) is 31.4 Å². The first-order chi connectivity index (χ1) is 10.4. The van der Waals surface area contributed by atoms with Gasteiger partial charge in [0.05, 0.1) is 16.6 Å². The van der Waals surface area contributed by atoms with E-state index in [1.165, 1.54) is 0 Å². The molecule has 0 bridgehead atoms. The van der Waals surface area contributed by atoms with Crippen molar-refractivity contribution in [3.8, 4) is 0 Å². The van der Waals surface area contributed by atoms with Crippen molar-refractivity contribution in [2.45, 2.75) is 46.1 Å². The minimum Gasteiger partial charge on any atom is -0.349 e. The smallest absolute Gasteiger partial charge is 0.220 e. The molecule has 4 N–H and O–H groups in total. The maximum absolute atomic E-state index is 12.2. The fraction of sp³-hybridized carbons (Fsp3) is 0.529. The van der Waals surface area contributed by atoms with E-state index in [-0.39, 0.29) is 42.2 Å². The van der Waals surface area contributed by atoms with Gasteiger partial charge in [0.1, 0.15) is 5.82 Å². The number of nitrogens with two attached hydrogens (primary N) is 1. The molecule has 5 nitrogen and oxygen atoms in total. The summed E-state index contributed by atoms with van der Waals surface area (Å²) in [5.74, 6) is 1.15. The van der Waals surface area contributed by atoms with E-state index < -0.39 is 0 Å². The van der Waals surface area contributed by atoms with Crippen LogP contribution in [0.15, 0.2) is 18.2 Å². The third-order valence-corrected chi connectivity index (χ3v) is 4.48. The zero-order valence-electron chi connectivity index (χ0n) is 14.7. The van der Waals surface area contributed by atoms with Gasteiger partial charge in [-0.1, -0.05) is 26.0 Å². The lowest BCUT2D eigenvalue weighted by atomic mass is 9.88. The Bertz CT molecular complexity index is 672. The van der Waals surface area contributed by atoms with E-state index in [9.17, 15) is 4.79 Å². The summed E-state index contributed by atoms with van der Waals surface area (Å²) in [5, 5.41) is 3.05. The normalized spacial score (nSPS) is 13.1. The summed E-state index contributed by atoms with van der Waals surface area (Å²) in [4.78, 5) is 20.0. The van der Waals surface area contributed by atoms with E-state index in [4.69, 9.17) is 5.73 Å². The van der Waals surface area contributed by atoms with Crippen molar-refractivity contribution < 1.29 is 4.79 Å². The molecule has 0 saturated heterocycles. The Morgan fingerprint density at radius 2 is 2.04 bits per heavy atom. The van der Waals surface area contributed by atoms with Crippen LogP contribution in [0.2, 0.25) is 0 Å². The maximum Gasteiger partial charge on any atom is 0.220 e. The third-order valence-electron chi connectivity index (χ3n) is 4.48. The number of hydrogen-bond donors (Lipinski definition) is 3. The van der Waals surface area contributed by atoms with Gasteiger partial charge in [0, 0.05) is 19.4 Å². The van der Waals surface area contributed by atoms with Crippen LogP contribution in [0.25, 0.3) is 11.0 Å². The van der Waals surface area contributed by atoms with Crippen molar-refractivity contribution in [2.75, 3.05) is 6.54 Å². The first-order valence-electron chi connectivity index (χ1n) is 7.81. The third kappa shape index (κ3) is 5.10. The van der Waals surface area contributed by atoms with Crippen molar-refractivity contribution in [3.63, 3.8) is 0 Å². The quantitative estimate of drug-likeness (QED) is 0.725. The van der Waals surface area contributed by atoms with Crippen LogP contribution in [0.3, 0.4) is 0 Å². The molecule has 0 saturated carbocycles. The number of para-hydroxylation sites is 1. The second-order valence-corrected chi connectivity index (χ2v) is 6.48. The summed E-state index contributed by atoms with van der Waals surface area (Å²) < 4.78 is 0. The molecule has 1 aromatic carbocycles. The lowest BCUT2D eigenvalue weighted by molar-refractivity contribution is -0.123. The van der Waals surface area contributed by atoms with Gasteiger partial charge in [0.15, 0.2) is 0 Å². The van der Waals surface area contributed by atoms with Crippen molar-refractivity contribution in [1.29, 1.82) is 0 Å². The summed E-state index contributed by atoms with van der Waals surface area (Å²) in [5.41, 5.74) is 8.57. The fourth-order valence-electron chi connectivity index (χ4n) is 2.39. The molecule has 0 fully saturated rings.